The maximum atomic E-state index is 5.85. The minimum atomic E-state index is 0. The van der Waals surface area contributed by atoms with Gasteiger partial charge in [0.25, 0.3) is 0 Å². The highest BCUT2D eigenvalue weighted by Gasteiger charge is 2.26. The molecule has 29 heavy (non-hydrogen) atoms. The Labute approximate surface area is 191 Å². The lowest BCUT2D eigenvalue weighted by molar-refractivity contribution is 0.294. The van der Waals surface area contributed by atoms with Crippen LogP contribution in [0.15, 0.2) is 35.7 Å². The van der Waals surface area contributed by atoms with E-state index >= 15 is 0 Å². The van der Waals surface area contributed by atoms with Crippen molar-refractivity contribution < 1.29 is 4.74 Å². The monoisotopic (exact) mass is 512 g/mol. The van der Waals surface area contributed by atoms with Gasteiger partial charge in [-0.2, -0.15) is 5.10 Å². The molecule has 0 spiro atoms. The first-order valence-electron chi connectivity index (χ1n) is 10.3. The molecule has 0 bridgehead atoms. The molecule has 2 aromatic rings. The van der Waals surface area contributed by atoms with Crippen molar-refractivity contribution in [3.05, 3.63) is 41.9 Å². The zero-order valence-corrected chi connectivity index (χ0v) is 20.0. The number of aryl methyl sites for hydroxylation is 1. The maximum Gasteiger partial charge on any atom is 0.218 e. The summed E-state index contributed by atoms with van der Waals surface area (Å²) in [6.45, 7) is 8.33. The lowest BCUT2D eigenvalue weighted by Gasteiger charge is -2.21. The molecule has 3 heterocycles. The molecule has 0 aliphatic carbocycles. The third-order valence-electron chi connectivity index (χ3n) is 5.00. The topological polar surface area (TPSA) is 67.6 Å². The van der Waals surface area contributed by atoms with Crippen molar-refractivity contribution in [2.45, 2.75) is 45.6 Å². The van der Waals surface area contributed by atoms with E-state index in [-0.39, 0.29) is 24.0 Å². The fraction of sp³-hybridized carbons (Fsp3) is 0.571. The number of likely N-dealkylation sites (tertiary alicyclic amines) is 1. The first-order chi connectivity index (χ1) is 13.7. The quantitative estimate of drug-likeness (QED) is 0.254. The Morgan fingerprint density at radius 2 is 2.24 bits per heavy atom. The molecular weight excluding hydrogens is 479 g/mol. The van der Waals surface area contributed by atoms with Gasteiger partial charge in [-0.15, -0.1) is 24.0 Å². The molecule has 0 amide bonds. The highest BCUT2D eigenvalue weighted by Crippen LogP contribution is 2.27. The number of aliphatic imine (C=N–C) groups is 1. The zero-order chi connectivity index (χ0) is 19.8. The van der Waals surface area contributed by atoms with Crippen molar-refractivity contribution in [2.75, 3.05) is 26.2 Å². The third-order valence-corrected chi connectivity index (χ3v) is 5.00. The molecule has 3 rings (SSSR count). The van der Waals surface area contributed by atoms with Gasteiger partial charge >= 0.3 is 0 Å². The number of nitrogens with one attached hydrogen (secondary N) is 1. The molecule has 0 aromatic carbocycles. The van der Waals surface area contributed by atoms with Crippen LogP contribution in [0.3, 0.4) is 0 Å². The van der Waals surface area contributed by atoms with E-state index in [1.165, 1.54) is 5.56 Å². The predicted molar refractivity (Wildman–Crippen MR) is 127 cm³/mol. The summed E-state index contributed by atoms with van der Waals surface area (Å²) in [7, 11) is 1.97. The summed E-state index contributed by atoms with van der Waals surface area (Å²) in [5.74, 6) is 2.16. The second-order valence-electron chi connectivity index (χ2n) is 7.22. The minimum Gasteiger partial charge on any atom is -0.477 e. The van der Waals surface area contributed by atoms with Gasteiger partial charge < -0.3 is 15.0 Å². The number of rotatable bonds is 8. The van der Waals surface area contributed by atoms with Crippen LogP contribution in [0.1, 0.15) is 50.2 Å². The number of halogens is 1. The normalized spacial score (nSPS) is 16.6. The molecule has 1 fully saturated rings. The summed E-state index contributed by atoms with van der Waals surface area (Å²) in [4.78, 5) is 11.6. The van der Waals surface area contributed by atoms with Crippen molar-refractivity contribution in [3.63, 3.8) is 0 Å². The average molecular weight is 512 g/mol. The number of pyridine rings is 1. The molecule has 0 radical (unpaired) electrons. The number of aromatic nitrogens is 3. The Kier molecular flexibility index (Phi) is 9.69. The Balaban J connectivity index is 0.00000300. The first-order valence-corrected chi connectivity index (χ1v) is 10.3. The van der Waals surface area contributed by atoms with Crippen LogP contribution in [0.5, 0.6) is 5.88 Å². The maximum absolute atomic E-state index is 5.85. The van der Waals surface area contributed by atoms with Gasteiger partial charge in [0.05, 0.1) is 19.3 Å². The summed E-state index contributed by atoms with van der Waals surface area (Å²) >= 11 is 0. The number of hydrogen-bond donors (Lipinski definition) is 1. The average Bonchev–Trinajstić information content (AvgIpc) is 3.35. The van der Waals surface area contributed by atoms with Gasteiger partial charge in [0.2, 0.25) is 5.88 Å². The van der Waals surface area contributed by atoms with Gasteiger partial charge in [0.15, 0.2) is 5.96 Å². The van der Waals surface area contributed by atoms with Crippen LogP contribution in [0.4, 0.5) is 0 Å². The smallest absolute Gasteiger partial charge is 0.218 e. The van der Waals surface area contributed by atoms with E-state index in [2.05, 4.69) is 40.3 Å². The number of ether oxygens (including phenoxy) is 1. The number of unbranched alkanes of at least 4 members (excludes halogenated alkanes) is 1. The van der Waals surface area contributed by atoms with Crippen LogP contribution in [0.25, 0.3) is 0 Å². The highest BCUT2D eigenvalue weighted by atomic mass is 127. The van der Waals surface area contributed by atoms with Crippen LogP contribution < -0.4 is 10.1 Å². The fourth-order valence-corrected chi connectivity index (χ4v) is 3.45. The molecule has 1 atom stereocenters. The molecule has 7 nitrogen and oxygen atoms in total. The molecule has 1 aliphatic heterocycles. The van der Waals surface area contributed by atoms with Crippen LogP contribution >= 0.6 is 24.0 Å². The highest BCUT2D eigenvalue weighted by molar-refractivity contribution is 14.0. The van der Waals surface area contributed by atoms with E-state index in [9.17, 15) is 0 Å². The summed E-state index contributed by atoms with van der Waals surface area (Å²) in [5.41, 5.74) is 2.33. The molecular formula is C21H33IN6O. The van der Waals surface area contributed by atoms with Crippen LogP contribution in [-0.2, 0) is 13.6 Å². The number of nitrogens with zero attached hydrogens (tertiary/aromatic N) is 5. The van der Waals surface area contributed by atoms with Gasteiger partial charge in [-0.3, -0.25) is 4.68 Å². The summed E-state index contributed by atoms with van der Waals surface area (Å²) in [6.07, 6.45) is 9.14. The second kappa shape index (κ2) is 12.0. The number of hydrogen-bond acceptors (Lipinski definition) is 4. The summed E-state index contributed by atoms with van der Waals surface area (Å²) in [5, 5.41) is 7.75. The van der Waals surface area contributed by atoms with Crippen molar-refractivity contribution in [1.82, 2.24) is 25.0 Å². The van der Waals surface area contributed by atoms with E-state index in [0.29, 0.717) is 24.9 Å². The fourth-order valence-electron chi connectivity index (χ4n) is 3.45. The molecule has 2 aromatic heterocycles. The Morgan fingerprint density at radius 1 is 1.38 bits per heavy atom. The SMILES string of the molecule is CCCCOc1ncccc1CN=C(NCC)N1CCC(c2cnn(C)c2)C1.I. The lowest BCUT2D eigenvalue weighted by atomic mass is 10.0. The van der Waals surface area contributed by atoms with Crippen molar-refractivity contribution in [2.24, 2.45) is 12.0 Å². The lowest BCUT2D eigenvalue weighted by Crippen LogP contribution is -2.40. The minimum absolute atomic E-state index is 0. The van der Waals surface area contributed by atoms with Gasteiger partial charge in [-0.05, 0) is 31.4 Å². The molecule has 1 N–H and O–H groups in total. The molecule has 8 heteroatoms. The Morgan fingerprint density at radius 3 is 2.97 bits per heavy atom. The van der Waals surface area contributed by atoms with E-state index < -0.39 is 0 Å². The second-order valence-corrected chi connectivity index (χ2v) is 7.22. The zero-order valence-electron chi connectivity index (χ0n) is 17.7. The van der Waals surface area contributed by atoms with Crippen molar-refractivity contribution >= 4 is 29.9 Å². The molecule has 1 aliphatic rings. The largest absolute Gasteiger partial charge is 0.477 e. The molecule has 1 saturated heterocycles. The standard InChI is InChI=1S/C21H32N6O.HI/c1-4-6-12-28-20-17(8-7-10-23-20)13-24-21(22-5-2)27-11-9-18(16-27)19-14-25-26(3)15-19;/h7-8,10,14-15,18H,4-6,9,11-13,16H2,1-3H3,(H,22,24);1H. The van der Waals surface area contributed by atoms with Gasteiger partial charge in [0.1, 0.15) is 0 Å². The van der Waals surface area contributed by atoms with Gasteiger partial charge in [-0.25, -0.2) is 9.98 Å². The number of guanidine groups is 1. The van der Waals surface area contributed by atoms with Crippen LogP contribution in [0.2, 0.25) is 0 Å². The summed E-state index contributed by atoms with van der Waals surface area (Å²) < 4.78 is 7.72. The van der Waals surface area contributed by atoms with Crippen molar-refractivity contribution in [1.29, 1.82) is 0 Å². The van der Waals surface area contributed by atoms with E-state index in [4.69, 9.17) is 9.73 Å². The Bertz CT molecular complexity index is 778. The third kappa shape index (κ3) is 6.58. The van der Waals surface area contributed by atoms with Crippen LogP contribution in [0, 0.1) is 0 Å². The Hall–Kier alpha value is -1.84. The van der Waals surface area contributed by atoms with E-state index in [0.717, 1.165) is 50.4 Å². The molecule has 1 unspecified atom stereocenters. The molecule has 0 saturated carbocycles. The first kappa shape index (κ1) is 23.4. The van der Waals surface area contributed by atoms with Crippen molar-refractivity contribution in [3.8, 4) is 5.88 Å². The van der Waals surface area contributed by atoms with Gasteiger partial charge in [-0.1, -0.05) is 19.4 Å². The summed E-state index contributed by atoms with van der Waals surface area (Å²) in [6, 6.07) is 3.99. The van der Waals surface area contributed by atoms with E-state index in [1.54, 1.807) is 6.20 Å². The predicted octanol–water partition coefficient (Wildman–Crippen LogP) is 3.57. The van der Waals surface area contributed by atoms with E-state index in [1.807, 2.05) is 30.1 Å². The molecule has 160 valence electrons. The van der Waals surface area contributed by atoms with Gasteiger partial charge in [0, 0.05) is 50.6 Å². The van der Waals surface area contributed by atoms with Crippen LogP contribution in [-0.4, -0.2) is 51.9 Å².